The van der Waals surface area contributed by atoms with E-state index in [0.29, 0.717) is 11.4 Å². The topological polar surface area (TPSA) is 54.0 Å². The molecule has 0 saturated heterocycles. The molecule has 0 fully saturated rings. The molecule has 0 radical (unpaired) electrons. The highest BCUT2D eigenvalue weighted by molar-refractivity contribution is 9.10. The molecule has 2 aromatic carbocycles. The summed E-state index contributed by atoms with van der Waals surface area (Å²) in [5.74, 6) is 0.343. The lowest BCUT2D eigenvalue weighted by molar-refractivity contribution is 0.102. The summed E-state index contributed by atoms with van der Waals surface area (Å²) < 4.78 is 1.00. The van der Waals surface area contributed by atoms with Crippen molar-refractivity contribution >= 4 is 39.0 Å². The molecular weight excluding hydrogens is 366 g/mol. The van der Waals surface area contributed by atoms with Gasteiger partial charge in [0.15, 0.2) is 0 Å². The minimum atomic E-state index is -0.171. The average molecular weight is 382 g/mol. The molecule has 0 aliphatic rings. The third-order valence-corrected chi connectivity index (χ3v) is 3.93. The van der Waals surface area contributed by atoms with Crippen molar-refractivity contribution in [1.82, 2.24) is 4.98 Å². The van der Waals surface area contributed by atoms with Crippen LogP contribution < -0.4 is 10.6 Å². The van der Waals surface area contributed by atoms with Gasteiger partial charge in [-0.3, -0.25) is 4.79 Å². The van der Waals surface area contributed by atoms with Gasteiger partial charge in [0.05, 0.1) is 11.9 Å². The Morgan fingerprint density at radius 1 is 1.00 bits per heavy atom. The second kappa shape index (κ2) is 7.27. The fraction of sp³-hybridized carbons (Fsp3) is 0.0526. The zero-order valence-electron chi connectivity index (χ0n) is 13.1. The van der Waals surface area contributed by atoms with E-state index in [1.54, 1.807) is 24.4 Å². The van der Waals surface area contributed by atoms with E-state index in [1.165, 1.54) is 0 Å². The zero-order chi connectivity index (χ0) is 16.9. The van der Waals surface area contributed by atoms with Gasteiger partial charge in [0.2, 0.25) is 0 Å². The number of hydrogen-bond acceptors (Lipinski definition) is 3. The van der Waals surface area contributed by atoms with Gasteiger partial charge in [-0.05, 0) is 49.4 Å². The van der Waals surface area contributed by atoms with E-state index >= 15 is 0 Å². The van der Waals surface area contributed by atoms with Crippen molar-refractivity contribution in [3.63, 3.8) is 0 Å². The first-order valence-corrected chi connectivity index (χ1v) is 8.26. The van der Waals surface area contributed by atoms with Gasteiger partial charge in [-0.15, -0.1) is 0 Å². The van der Waals surface area contributed by atoms with Crippen molar-refractivity contribution < 1.29 is 4.79 Å². The number of carbonyl (C=O) groups is 1. The van der Waals surface area contributed by atoms with Crippen molar-refractivity contribution in [3.8, 4) is 0 Å². The lowest BCUT2D eigenvalue weighted by atomic mass is 10.1. The highest BCUT2D eigenvalue weighted by atomic mass is 79.9. The van der Waals surface area contributed by atoms with Crippen LogP contribution in [0.4, 0.5) is 17.2 Å². The molecule has 0 saturated carbocycles. The zero-order valence-corrected chi connectivity index (χ0v) is 14.7. The van der Waals surface area contributed by atoms with Crippen LogP contribution in [0, 0.1) is 6.92 Å². The summed E-state index contributed by atoms with van der Waals surface area (Å²) in [6, 6.07) is 18.9. The fourth-order valence-corrected chi connectivity index (χ4v) is 2.57. The van der Waals surface area contributed by atoms with Gasteiger partial charge >= 0.3 is 0 Å². The smallest absolute Gasteiger partial charge is 0.256 e. The van der Waals surface area contributed by atoms with Crippen LogP contribution in [0.15, 0.2) is 71.3 Å². The van der Waals surface area contributed by atoms with E-state index in [2.05, 4.69) is 31.5 Å². The average Bonchev–Trinajstić information content (AvgIpc) is 2.57. The van der Waals surface area contributed by atoms with Crippen molar-refractivity contribution in [1.29, 1.82) is 0 Å². The second-order valence-electron chi connectivity index (χ2n) is 5.39. The van der Waals surface area contributed by atoms with Gasteiger partial charge in [0.1, 0.15) is 5.82 Å². The molecular formula is C19H16BrN3O. The molecule has 1 amide bonds. The molecule has 5 heteroatoms. The molecule has 0 spiro atoms. The molecule has 2 N–H and O–H groups in total. The molecule has 1 heterocycles. The third-order valence-electron chi connectivity index (χ3n) is 3.43. The maximum Gasteiger partial charge on any atom is 0.256 e. The molecule has 0 bridgehead atoms. The number of benzene rings is 2. The molecule has 3 rings (SSSR count). The third kappa shape index (κ3) is 4.20. The van der Waals surface area contributed by atoms with Gasteiger partial charge in [-0.2, -0.15) is 0 Å². The van der Waals surface area contributed by atoms with E-state index in [-0.39, 0.29) is 5.91 Å². The number of aryl methyl sites for hydroxylation is 1. The highest BCUT2D eigenvalue weighted by Crippen LogP contribution is 2.20. The van der Waals surface area contributed by atoms with Crippen molar-refractivity contribution in [2.75, 3.05) is 10.6 Å². The Labute approximate surface area is 149 Å². The molecule has 24 heavy (non-hydrogen) atoms. The summed E-state index contributed by atoms with van der Waals surface area (Å²) >= 11 is 3.44. The van der Waals surface area contributed by atoms with Crippen LogP contribution in [0.5, 0.6) is 0 Å². The van der Waals surface area contributed by atoms with Crippen LogP contribution in [0.2, 0.25) is 0 Å². The number of pyridine rings is 1. The summed E-state index contributed by atoms with van der Waals surface area (Å²) in [4.78, 5) is 16.4. The summed E-state index contributed by atoms with van der Waals surface area (Å²) in [5.41, 5.74) is 3.54. The van der Waals surface area contributed by atoms with Crippen LogP contribution in [-0.2, 0) is 0 Å². The predicted octanol–water partition coefficient (Wildman–Crippen LogP) is 5.15. The maximum absolute atomic E-state index is 12.2. The standard InChI is InChI=1S/C19H16BrN3O/c1-13-5-7-14(8-6-13)19(24)23-18-10-9-17(12-21-18)22-16-4-2-3-15(20)11-16/h2-12,22H,1H3,(H,21,23,24). The van der Waals surface area contributed by atoms with E-state index in [9.17, 15) is 4.79 Å². The Kier molecular flexibility index (Phi) is 4.91. The molecule has 1 aromatic heterocycles. The van der Waals surface area contributed by atoms with Gasteiger partial charge in [0, 0.05) is 15.7 Å². The summed E-state index contributed by atoms with van der Waals surface area (Å²) in [6.07, 6.45) is 1.69. The Hall–Kier alpha value is -2.66. The number of carbonyl (C=O) groups excluding carboxylic acids is 1. The molecule has 4 nitrogen and oxygen atoms in total. The van der Waals surface area contributed by atoms with Gasteiger partial charge in [-0.1, -0.05) is 39.7 Å². The van der Waals surface area contributed by atoms with E-state index < -0.39 is 0 Å². The fourth-order valence-electron chi connectivity index (χ4n) is 2.17. The number of hydrogen-bond donors (Lipinski definition) is 2. The number of nitrogens with zero attached hydrogens (tertiary/aromatic N) is 1. The SMILES string of the molecule is Cc1ccc(C(=O)Nc2ccc(Nc3cccc(Br)c3)cn2)cc1. The minimum Gasteiger partial charge on any atom is -0.354 e. The summed E-state index contributed by atoms with van der Waals surface area (Å²) in [6.45, 7) is 1.99. The van der Waals surface area contributed by atoms with Crippen LogP contribution in [0.25, 0.3) is 0 Å². The van der Waals surface area contributed by atoms with Crippen molar-refractivity contribution in [3.05, 3.63) is 82.5 Å². The molecule has 120 valence electrons. The van der Waals surface area contributed by atoms with E-state index in [4.69, 9.17) is 0 Å². The van der Waals surface area contributed by atoms with Gasteiger partial charge in [-0.25, -0.2) is 4.98 Å². The summed E-state index contributed by atoms with van der Waals surface area (Å²) in [5, 5.41) is 6.05. The summed E-state index contributed by atoms with van der Waals surface area (Å²) in [7, 11) is 0. The number of rotatable bonds is 4. The van der Waals surface area contributed by atoms with Crippen LogP contribution in [0.1, 0.15) is 15.9 Å². The van der Waals surface area contributed by atoms with E-state index in [0.717, 1.165) is 21.4 Å². The number of nitrogens with one attached hydrogen (secondary N) is 2. The van der Waals surface area contributed by atoms with Gasteiger partial charge < -0.3 is 10.6 Å². The van der Waals surface area contributed by atoms with E-state index in [1.807, 2.05) is 49.4 Å². The first-order valence-electron chi connectivity index (χ1n) is 7.47. The second-order valence-corrected chi connectivity index (χ2v) is 6.30. The number of aromatic nitrogens is 1. The molecule has 0 atom stereocenters. The molecule has 3 aromatic rings. The molecule has 0 aliphatic heterocycles. The highest BCUT2D eigenvalue weighted by Gasteiger charge is 2.06. The maximum atomic E-state index is 12.2. The largest absolute Gasteiger partial charge is 0.354 e. The quantitative estimate of drug-likeness (QED) is 0.656. The Balaban J connectivity index is 1.66. The predicted molar refractivity (Wildman–Crippen MR) is 101 cm³/mol. The Bertz CT molecular complexity index is 845. The first kappa shape index (κ1) is 16.2. The van der Waals surface area contributed by atoms with Crippen molar-refractivity contribution in [2.45, 2.75) is 6.92 Å². The number of anilines is 3. The van der Waals surface area contributed by atoms with Crippen LogP contribution in [-0.4, -0.2) is 10.9 Å². The monoisotopic (exact) mass is 381 g/mol. The van der Waals surface area contributed by atoms with Crippen LogP contribution in [0.3, 0.4) is 0 Å². The lowest BCUT2D eigenvalue weighted by Crippen LogP contribution is -2.12. The van der Waals surface area contributed by atoms with Crippen LogP contribution >= 0.6 is 15.9 Å². The Morgan fingerprint density at radius 3 is 2.46 bits per heavy atom. The normalized spacial score (nSPS) is 10.2. The first-order chi connectivity index (χ1) is 11.6. The molecule has 0 unspecified atom stereocenters. The van der Waals surface area contributed by atoms with Gasteiger partial charge in [0.25, 0.3) is 5.91 Å². The minimum absolute atomic E-state index is 0.171. The number of halogens is 1. The Morgan fingerprint density at radius 2 is 1.79 bits per heavy atom. The molecule has 0 aliphatic carbocycles. The number of amides is 1. The van der Waals surface area contributed by atoms with Crippen molar-refractivity contribution in [2.24, 2.45) is 0 Å². The lowest BCUT2D eigenvalue weighted by Gasteiger charge is -2.08.